The summed E-state index contributed by atoms with van der Waals surface area (Å²) in [6, 6.07) is 18.4. The minimum absolute atomic E-state index is 0.230. The van der Waals surface area contributed by atoms with Gasteiger partial charge in [-0.1, -0.05) is 61.5 Å². The normalized spacial score (nSPS) is 11.5. The van der Waals surface area contributed by atoms with Crippen LogP contribution >= 0.6 is 11.8 Å². The molecule has 1 unspecified atom stereocenters. The van der Waals surface area contributed by atoms with Gasteiger partial charge in [-0.2, -0.15) is 0 Å². The van der Waals surface area contributed by atoms with Crippen LogP contribution in [-0.2, 0) is 10.5 Å². The number of carboxylic acid groups (broad SMARTS) is 1. The molecule has 2 aromatic carbocycles. The van der Waals surface area contributed by atoms with Crippen molar-refractivity contribution >= 4 is 23.5 Å². The summed E-state index contributed by atoms with van der Waals surface area (Å²) >= 11 is 1.46. The number of nitrogens with two attached hydrogens (primary N) is 1. The highest BCUT2D eigenvalue weighted by atomic mass is 32.2. The molecule has 3 N–H and O–H groups in total. The van der Waals surface area contributed by atoms with E-state index in [-0.39, 0.29) is 11.7 Å². The Morgan fingerprint density at radius 2 is 1.80 bits per heavy atom. The number of thioether (sulfide) groups is 1. The average molecular weight is 568 g/mol. The van der Waals surface area contributed by atoms with Crippen LogP contribution in [0, 0.1) is 6.92 Å². The van der Waals surface area contributed by atoms with Crippen molar-refractivity contribution in [3.63, 3.8) is 0 Å². The van der Waals surface area contributed by atoms with Gasteiger partial charge in [0.25, 0.3) is 0 Å². The summed E-state index contributed by atoms with van der Waals surface area (Å²) < 4.78 is 23.6. The van der Waals surface area contributed by atoms with Crippen molar-refractivity contribution in [1.82, 2.24) is 9.97 Å². The van der Waals surface area contributed by atoms with Gasteiger partial charge >= 0.3 is 5.97 Å². The minimum Gasteiger partial charge on any atom is -0.478 e. The molecule has 2 aromatic heterocycles. The van der Waals surface area contributed by atoms with Gasteiger partial charge in [-0.05, 0) is 58.0 Å². The molecule has 0 aliphatic carbocycles. The second-order valence-electron chi connectivity index (χ2n) is 9.21. The summed E-state index contributed by atoms with van der Waals surface area (Å²) in [6.07, 6.45) is 1.31. The maximum absolute atomic E-state index is 12.7. The predicted molar refractivity (Wildman–Crippen MR) is 160 cm³/mol. The van der Waals surface area contributed by atoms with Crippen LogP contribution in [0.3, 0.4) is 0 Å². The van der Waals surface area contributed by atoms with E-state index in [2.05, 4.69) is 16.0 Å². The van der Waals surface area contributed by atoms with Crippen molar-refractivity contribution in [2.75, 3.05) is 12.8 Å². The van der Waals surface area contributed by atoms with Gasteiger partial charge in [0.1, 0.15) is 23.0 Å². The van der Waals surface area contributed by atoms with Crippen molar-refractivity contribution < 1.29 is 23.4 Å². The number of nitrogens with zero attached hydrogens (tertiary/aromatic N) is 2. The zero-order valence-electron chi connectivity index (χ0n) is 24.1. The number of furan rings is 1. The topological polar surface area (TPSA) is 111 Å². The fraction of sp³-hybridized carbons (Fsp3) is 0.323. The van der Waals surface area contributed by atoms with E-state index < -0.39 is 11.6 Å². The third-order valence-corrected chi connectivity index (χ3v) is 6.75. The molecule has 2 heterocycles. The molecule has 0 saturated carbocycles. The maximum atomic E-state index is 12.7. The van der Waals surface area contributed by atoms with Crippen molar-refractivity contribution in [2.45, 2.75) is 64.2 Å². The first-order chi connectivity index (χ1) is 19.0. The van der Waals surface area contributed by atoms with Crippen molar-refractivity contribution in [3.05, 3.63) is 83.6 Å². The number of rotatable bonds is 8. The number of methoxy groups -OCH3 is 1. The summed E-state index contributed by atoms with van der Waals surface area (Å²) in [5.74, 6) is 1.48. The maximum Gasteiger partial charge on any atom is 0.335 e. The zero-order chi connectivity index (χ0) is 29.9. The number of hydrogen-bond acceptors (Lipinski definition) is 7. The van der Waals surface area contributed by atoms with E-state index in [1.54, 1.807) is 43.5 Å². The highest BCUT2D eigenvalue weighted by Crippen LogP contribution is 2.36. The Morgan fingerprint density at radius 3 is 2.33 bits per heavy atom. The molecule has 0 bridgehead atoms. The average Bonchev–Trinajstić information content (AvgIpc) is 3.37. The molecular formula is C31H38FN3O4S. The second-order valence-corrected chi connectivity index (χ2v) is 10.2. The summed E-state index contributed by atoms with van der Waals surface area (Å²) in [4.78, 5) is 19.6. The van der Waals surface area contributed by atoms with Gasteiger partial charge < -0.3 is 20.0 Å². The molecule has 0 aliphatic rings. The molecule has 214 valence electrons. The molecule has 0 amide bonds. The van der Waals surface area contributed by atoms with Crippen LogP contribution in [0.25, 0.3) is 22.6 Å². The number of carbonyl (C=O) groups is 1. The van der Waals surface area contributed by atoms with Gasteiger partial charge in [0.2, 0.25) is 0 Å². The van der Waals surface area contributed by atoms with E-state index in [1.165, 1.54) is 32.7 Å². The number of hydrogen-bond donors (Lipinski definition) is 2. The first-order valence-electron chi connectivity index (χ1n) is 12.9. The van der Waals surface area contributed by atoms with E-state index in [0.29, 0.717) is 22.5 Å². The number of benzene rings is 2. The van der Waals surface area contributed by atoms with Gasteiger partial charge in [0.15, 0.2) is 5.16 Å². The number of aromatic carboxylic acids is 1. The van der Waals surface area contributed by atoms with Crippen LogP contribution in [0.5, 0.6) is 0 Å². The molecule has 0 spiro atoms. The fourth-order valence-corrected chi connectivity index (χ4v) is 4.14. The molecule has 0 radical (unpaired) electrons. The number of aromatic nitrogens is 2. The van der Waals surface area contributed by atoms with Gasteiger partial charge in [0, 0.05) is 35.7 Å². The number of carboxylic acids is 1. The quantitative estimate of drug-likeness (QED) is 0.162. The molecule has 1 atom stereocenters. The van der Waals surface area contributed by atoms with Gasteiger partial charge in [0.05, 0.1) is 11.7 Å². The third kappa shape index (κ3) is 9.50. The Labute approximate surface area is 240 Å². The van der Waals surface area contributed by atoms with E-state index in [0.717, 1.165) is 28.0 Å². The molecule has 0 saturated heterocycles. The Morgan fingerprint density at radius 1 is 1.12 bits per heavy atom. The first kappa shape index (κ1) is 32.5. The molecule has 0 fully saturated rings. The van der Waals surface area contributed by atoms with Crippen LogP contribution in [0.2, 0.25) is 0 Å². The van der Waals surface area contributed by atoms with Crippen LogP contribution in [0.15, 0.2) is 76.4 Å². The zero-order valence-corrected chi connectivity index (χ0v) is 24.9. The predicted octanol–water partition coefficient (Wildman–Crippen LogP) is 8.08. The number of alkyl halides is 1. The SMILES string of the molecule is CC.COC(C)C(C)(C)F.Cc1cccc(-c2cc(CSc3nccc(N)n3)c(-c3ccc(C(=O)O)cc3)o2)c1. The van der Waals surface area contributed by atoms with E-state index in [1.807, 2.05) is 45.0 Å². The van der Waals surface area contributed by atoms with Gasteiger partial charge in [-0.25, -0.2) is 19.2 Å². The minimum atomic E-state index is -1.21. The lowest BCUT2D eigenvalue weighted by Gasteiger charge is -2.20. The van der Waals surface area contributed by atoms with Crippen molar-refractivity contribution in [1.29, 1.82) is 0 Å². The summed E-state index contributed by atoms with van der Waals surface area (Å²) in [5.41, 5.74) is 8.66. The Hall–Kier alpha value is -3.69. The molecule has 9 heteroatoms. The first-order valence-corrected chi connectivity index (χ1v) is 13.9. The standard InChI is InChI=1S/C23H19N3O3S.C6H13FO.C2H6/c1-14-3-2-4-17(11-14)19-12-18(13-30-23-25-10-9-20(24)26-23)21(29-19)15-5-7-16(8-6-15)22(27)28;1-5(8-4)6(2,3)7;1-2/h2-12H,13H2,1H3,(H,27,28)(H2,24,25,26);5H,1-4H3;1-2H3. The van der Waals surface area contributed by atoms with E-state index >= 15 is 0 Å². The Balaban J connectivity index is 0.000000484. The van der Waals surface area contributed by atoms with Crippen LogP contribution in [-0.4, -0.2) is 39.9 Å². The lowest BCUT2D eigenvalue weighted by atomic mass is 10.1. The fourth-order valence-electron chi connectivity index (χ4n) is 3.33. The van der Waals surface area contributed by atoms with Crippen molar-refractivity contribution in [2.24, 2.45) is 0 Å². The molecule has 4 aromatic rings. The molecule has 7 nitrogen and oxygen atoms in total. The highest BCUT2D eigenvalue weighted by Gasteiger charge is 2.23. The lowest BCUT2D eigenvalue weighted by Crippen LogP contribution is -2.29. The number of anilines is 1. The smallest absolute Gasteiger partial charge is 0.335 e. The van der Waals surface area contributed by atoms with Gasteiger partial charge in [-0.15, -0.1) is 0 Å². The van der Waals surface area contributed by atoms with Crippen LogP contribution in [0.4, 0.5) is 10.2 Å². The second kappa shape index (κ2) is 15.2. The Kier molecular flexibility index (Phi) is 12.4. The summed E-state index contributed by atoms with van der Waals surface area (Å²) in [5, 5.41) is 9.75. The van der Waals surface area contributed by atoms with Gasteiger partial charge in [-0.3, -0.25) is 0 Å². The largest absolute Gasteiger partial charge is 0.478 e. The van der Waals surface area contributed by atoms with Crippen molar-refractivity contribution in [3.8, 4) is 22.6 Å². The summed E-state index contributed by atoms with van der Waals surface area (Å²) in [6.45, 7) is 10.7. The van der Waals surface area contributed by atoms with E-state index in [4.69, 9.17) is 20.0 Å². The number of ether oxygens (including phenoxy) is 1. The number of aryl methyl sites for hydroxylation is 1. The van der Waals surface area contributed by atoms with Crippen LogP contribution < -0.4 is 5.73 Å². The van der Waals surface area contributed by atoms with E-state index in [9.17, 15) is 9.18 Å². The third-order valence-electron chi connectivity index (χ3n) is 5.84. The van der Waals surface area contributed by atoms with Crippen LogP contribution in [0.1, 0.15) is 56.1 Å². The number of halogens is 1. The monoisotopic (exact) mass is 567 g/mol. The number of nitrogen functional groups attached to an aromatic ring is 1. The lowest BCUT2D eigenvalue weighted by molar-refractivity contribution is -0.00387. The molecular weight excluding hydrogens is 529 g/mol. The summed E-state index contributed by atoms with van der Waals surface area (Å²) in [7, 11) is 1.51. The Bertz CT molecular complexity index is 1370. The molecule has 4 rings (SSSR count). The molecule has 40 heavy (non-hydrogen) atoms. The highest BCUT2D eigenvalue weighted by molar-refractivity contribution is 7.98. The molecule has 0 aliphatic heterocycles.